The molecule has 21 heavy (non-hydrogen) atoms. The minimum Gasteiger partial charge on any atom is -0.395 e. The molecule has 1 N–H and O–H groups in total. The first kappa shape index (κ1) is 16.7. The second-order valence-corrected chi connectivity index (χ2v) is 4.26. The van der Waals surface area contributed by atoms with Gasteiger partial charge < -0.3 is 10.0 Å². The van der Waals surface area contributed by atoms with Gasteiger partial charge in [-0.05, 0) is 25.1 Å². The third-order valence-electron chi connectivity index (χ3n) is 2.84. The summed E-state index contributed by atoms with van der Waals surface area (Å²) >= 11 is 0. The van der Waals surface area contributed by atoms with Gasteiger partial charge in [0.15, 0.2) is 0 Å². The Morgan fingerprint density at radius 1 is 1.43 bits per heavy atom. The van der Waals surface area contributed by atoms with E-state index < -0.39 is 5.82 Å². The predicted octanol–water partition coefficient (Wildman–Crippen LogP) is 1.94. The molecule has 0 saturated heterocycles. The SMILES string of the molecule is CCN(CCC#N)C(=O)c1ccc(C#CCCO)c(F)c1. The smallest absolute Gasteiger partial charge is 0.253 e. The topological polar surface area (TPSA) is 64.3 Å². The molecule has 0 aromatic heterocycles. The lowest BCUT2D eigenvalue weighted by atomic mass is 10.1. The molecule has 110 valence electrons. The summed E-state index contributed by atoms with van der Waals surface area (Å²) in [4.78, 5) is 13.7. The van der Waals surface area contributed by atoms with Crippen LogP contribution in [-0.4, -0.2) is 35.6 Å². The molecule has 0 fully saturated rings. The van der Waals surface area contributed by atoms with Gasteiger partial charge >= 0.3 is 0 Å². The van der Waals surface area contributed by atoms with Crippen LogP contribution in [0.4, 0.5) is 4.39 Å². The van der Waals surface area contributed by atoms with Crippen LogP contribution >= 0.6 is 0 Å². The predicted molar refractivity (Wildman–Crippen MR) is 76.8 cm³/mol. The van der Waals surface area contributed by atoms with Gasteiger partial charge in [-0.2, -0.15) is 5.26 Å². The van der Waals surface area contributed by atoms with Crippen molar-refractivity contribution in [3.8, 4) is 17.9 Å². The molecule has 0 spiro atoms. The minimum atomic E-state index is -0.567. The van der Waals surface area contributed by atoms with Crippen LogP contribution in [0.2, 0.25) is 0 Å². The van der Waals surface area contributed by atoms with Gasteiger partial charge in [-0.3, -0.25) is 4.79 Å². The van der Waals surface area contributed by atoms with Gasteiger partial charge in [-0.1, -0.05) is 11.8 Å². The molecule has 5 heteroatoms. The molecule has 0 saturated carbocycles. The van der Waals surface area contributed by atoms with Crippen LogP contribution < -0.4 is 0 Å². The largest absolute Gasteiger partial charge is 0.395 e. The highest BCUT2D eigenvalue weighted by molar-refractivity contribution is 5.94. The van der Waals surface area contributed by atoms with E-state index in [1.54, 1.807) is 6.92 Å². The van der Waals surface area contributed by atoms with Crippen molar-refractivity contribution >= 4 is 5.91 Å². The molecule has 1 aromatic carbocycles. The van der Waals surface area contributed by atoms with Gasteiger partial charge in [0.05, 0.1) is 24.7 Å². The minimum absolute atomic E-state index is 0.0739. The lowest BCUT2D eigenvalue weighted by Gasteiger charge is -2.19. The van der Waals surface area contributed by atoms with Crippen LogP contribution in [0, 0.1) is 29.0 Å². The van der Waals surface area contributed by atoms with Gasteiger partial charge in [0.1, 0.15) is 5.82 Å². The van der Waals surface area contributed by atoms with Crippen LogP contribution in [0.1, 0.15) is 35.7 Å². The maximum atomic E-state index is 13.9. The number of carbonyl (C=O) groups excluding carboxylic acids is 1. The zero-order chi connectivity index (χ0) is 15.7. The summed E-state index contributed by atoms with van der Waals surface area (Å²) in [6.45, 7) is 2.52. The number of nitrogens with zero attached hydrogens (tertiary/aromatic N) is 2. The maximum Gasteiger partial charge on any atom is 0.253 e. The van der Waals surface area contributed by atoms with E-state index in [4.69, 9.17) is 10.4 Å². The Kier molecular flexibility index (Phi) is 6.94. The highest BCUT2D eigenvalue weighted by Gasteiger charge is 2.15. The fraction of sp³-hybridized carbons (Fsp3) is 0.375. The molecule has 0 atom stereocenters. The lowest BCUT2D eigenvalue weighted by Crippen LogP contribution is -2.31. The van der Waals surface area contributed by atoms with Crippen molar-refractivity contribution < 1.29 is 14.3 Å². The second kappa shape index (κ2) is 8.73. The Labute approximate surface area is 123 Å². The summed E-state index contributed by atoms with van der Waals surface area (Å²) in [7, 11) is 0. The summed E-state index contributed by atoms with van der Waals surface area (Å²) in [5.74, 6) is 4.36. The number of rotatable bonds is 5. The monoisotopic (exact) mass is 288 g/mol. The first-order chi connectivity index (χ1) is 10.1. The number of benzene rings is 1. The molecule has 0 aliphatic heterocycles. The normalized spacial score (nSPS) is 9.43. The number of aliphatic hydroxyl groups excluding tert-OH is 1. The third-order valence-corrected chi connectivity index (χ3v) is 2.84. The molecule has 0 aliphatic carbocycles. The van der Waals surface area contributed by atoms with E-state index in [0.29, 0.717) is 13.1 Å². The van der Waals surface area contributed by atoms with Gasteiger partial charge in [0.25, 0.3) is 5.91 Å². The molecule has 0 radical (unpaired) electrons. The van der Waals surface area contributed by atoms with Crippen LogP contribution in [0.15, 0.2) is 18.2 Å². The van der Waals surface area contributed by atoms with Crippen molar-refractivity contribution in [1.82, 2.24) is 4.90 Å². The second-order valence-electron chi connectivity index (χ2n) is 4.26. The summed E-state index contributed by atoms with van der Waals surface area (Å²) in [5.41, 5.74) is 0.431. The summed E-state index contributed by atoms with van der Waals surface area (Å²) in [6.07, 6.45) is 0.519. The van der Waals surface area contributed by atoms with E-state index in [2.05, 4.69) is 11.8 Å². The fourth-order valence-corrected chi connectivity index (χ4v) is 1.73. The Balaban J connectivity index is 2.90. The molecule has 1 amide bonds. The molecule has 0 heterocycles. The van der Waals surface area contributed by atoms with Crippen molar-refractivity contribution in [3.63, 3.8) is 0 Å². The number of hydrogen-bond donors (Lipinski definition) is 1. The number of amides is 1. The van der Waals surface area contributed by atoms with Crippen molar-refractivity contribution in [1.29, 1.82) is 5.26 Å². The third kappa shape index (κ3) is 4.91. The molecule has 4 nitrogen and oxygen atoms in total. The number of hydrogen-bond acceptors (Lipinski definition) is 3. The van der Waals surface area contributed by atoms with E-state index in [1.807, 2.05) is 6.07 Å². The van der Waals surface area contributed by atoms with E-state index in [-0.39, 0.29) is 36.5 Å². The average Bonchev–Trinajstić information content (AvgIpc) is 2.49. The van der Waals surface area contributed by atoms with Crippen molar-refractivity contribution in [2.24, 2.45) is 0 Å². The van der Waals surface area contributed by atoms with Crippen LogP contribution in [0.5, 0.6) is 0 Å². The molecular weight excluding hydrogens is 271 g/mol. The van der Waals surface area contributed by atoms with Crippen LogP contribution in [0.25, 0.3) is 0 Å². The zero-order valence-corrected chi connectivity index (χ0v) is 11.9. The summed E-state index contributed by atoms with van der Waals surface area (Å²) in [5, 5.41) is 17.2. The standard InChI is InChI=1S/C16H17FN2O2/c1-2-19(10-5-9-18)16(21)14-8-7-13(15(17)12-14)6-3-4-11-20/h7-8,12,20H,2,4-5,10-11H2,1H3. The fourth-order valence-electron chi connectivity index (χ4n) is 1.73. The number of nitriles is 1. The Morgan fingerprint density at radius 3 is 2.76 bits per heavy atom. The van der Waals surface area contributed by atoms with Crippen LogP contribution in [-0.2, 0) is 0 Å². The highest BCUT2D eigenvalue weighted by atomic mass is 19.1. The quantitative estimate of drug-likeness (QED) is 0.842. The summed E-state index contributed by atoms with van der Waals surface area (Å²) in [6, 6.07) is 6.10. The van der Waals surface area contributed by atoms with Crippen molar-refractivity contribution in [3.05, 3.63) is 35.1 Å². The van der Waals surface area contributed by atoms with Gasteiger partial charge in [-0.25, -0.2) is 4.39 Å². The molecule has 0 bridgehead atoms. The molecule has 1 aromatic rings. The first-order valence-electron chi connectivity index (χ1n) is 6.69. The van der Waals surface area contributed by atoms with E-state index in [0.717, 1.165) is 6.07 Å². The molecular formula is C16H17FN2O2. The maximum absolute atomic E-state index is 13.9. The number of carbonyl (C=O) groups is 1. The van der Waals surface area contributed by atoms with Gasteiger partial charge in [0.2, 0.25) is 0 Å². The summed E-state index contributed by atoms with van der Waals surface area (Å²) < 4.78 is 13.9. The van der Waals surface area contributed by atoms with E-state index in [1.165, 1.54) is 17.0 Å². The van der Waals surface area contributed by atoms with E-state index in [9.17, 15) is 9.18 Å². The van der Waals surface area contributed by atoms with Crippen molar-refractivity contribution in [2.75, 3.05) is 19.7 Å². The number of aliphatic hydroxyl groups is 1. The Morgan fingerprint density at radius 2 is 2.19 bits per heavy atom. The lowest BCUT2D eigenvalue weighted by molar-refractivity contribution is 0.0767. The molecule has 0 unspecified atom stereocenters. The Bertz CT molecular complexity index is 597. The molecule has 1 rings (SSSR count). The zero-order valence-electron chi connectivity index (χ0n) is 11.9. The average molecular weight is 288 g/mol. The van der Waals surface area contributed by atoms with Gasteiger partial charge in [-0.15, -0.1) is 0 Å². The molecule has 0 aliphatic rings. The van der Waals surface area contributed by atoms with Crippen LogP contribution in [0.3, 0.4) is 0 Å². The van der Waals surface area contributed by atoms with Gasteiger partial charge in [0, 0.05) is 25.1 Å². The Hall–Kier alpha value is -2.37. The van der Waals surface area contributed by atoms with E-state index >= 15 is 0 Å². The van der Waals surface area contributed by atoms with Crippen molar-refractivity contribution in [2.45, 2.75) is 19.8 Å². The first-order valence-corrected chi connectivity index (χ1v) is 6.69. The number of halogens is 1. The highest BCUT2D eigenvalue weighted by Crippen LogP contribution is 2.12.